The summed E-state index contributed by atoms with van der Waals surface area (Å²) in [5.41, 5.74) is 0. The SMILES string of the molecule is OO.[O-][Br+2]([O-])O. The van der Waals surface area contributed by atoms with Crippen LogP contribution in [0.1, 0.15) is 0 Å². The monoisotopic (exact) mass is 162 g/mol. The first kappa shape index (κ1) is 9.56. The zero-order valence-corrected chi connectivity index (χ0v) is 4.12. The normalized spacial score (nSPS) is 7.00. The van der Waals surface area contributed by atoms with Crippen molar-refractivity contribution in [2.75, 3.05) is 0 Å². The lowest BCUT2D eigenvalue weighted by molar-refractivity contribution is -1.63. The molecule has 0 amide bonds. The van der Waals surface area contributed by atoms with Gasteiger partial charge < -0.3 is 8.40 Å². The van der Waals surface area contributed by atoms with Crippen molar-refractivity contribution in [3.8, 4) is 0 Å². The topological polar surface area (TPSA) is 107 Å². The number of hydrogen-bond donors (Lipinski definition) is 3. The summed E-state index contributed by atoms with van der Waals surface area (Å²) < 4.78 is 24.3. The molecule has 5 nitrogen and oxygen atoms in total. The van der Waals surface area contributed by atoms with Crippen molar-refractivity contribution in [1.29, 1.82) is 0 Å². The lowest BCUT2D eigenvalue weighted by Crippen LogP contribution is -2.30. The standard InChI is InChI=1S/BrHO3.H2O2/c2-1(3)4;1-2/h2H;1-2H. The summed E-state index contributed by atoms with van der Waals surface area (Å²) in [6.45, 7) is 0. The van der Waals surface area contributed by atoms with E-state index in [0.29, 0.717) is 0 Å². The molecule has 0 aliphatic heterocycles. The Hall–Kier alpha value is 0.280. The molecule has 0 radical (unpaired) electrons. The highest BCUT2D eigenvalue weighted by atomic mass is 80.0. The van der Waals surface area contributed by atoms with Gasteiger partial charge in [-0.05, 0) is 4.20 Å². The van der Waals surface area contributed by atoms with Crippen LogP contribution in [0.25, 0.3) is 0 Å². The van der Waals surface area contributed by atoms with Crippen molar-refractivity contribution in [2.45, 2.75) is 0 Å². The van der Waals surface area contributed by atoms with Gasteiger partial charge in [0.2, 0.25) is 0 Å². The minimum atomic E-state index is -3.40. The molecule has 0 saturated heterocycles. The maximum atomic E-state index is 8.63. The molecule has 0 aromatic heterocycles. The Morgan fingerprint density at radius 2 is 1.17 bits per heavy atom. The summed E-state index contributed by atoms with van der Waals surface area (Å²) in [6.07, 6.45) is 0. The fourth-order valence-electron chi connectivity index (χ4n) is 0. The van der Waals surface area contributed by atoms with Crippen LogP contribution in [0.15, 0.2) is 0 Å². The molecule has 0 saturated carbocycles. The predicted molar refractivity (Wildman–Crippen MR) is 7.48 cm³/mol. The van der Waals surface area contributed by atoms with Crippen LogP contribution in [0.5, 0.6) is 0 Å². The Morgan fingerprint density at radius 3 is 1.17 bits per heavy atom. The van der Waals surface area contributed by atoms with Gasteiger partial charge in [-0.25, -0.2) is 0 Å². The zero-order chi connectivity index (χ0) is 5.58. The first-order chi connectivity index (χ1) is 2.73. The smallest absolute Gasteiger partial charge is 0.372 e. The lowest BCUT2D eigenvalue weighted by atomic mass is 15.0. The maximum absolute atomic E-state index is 8.63. The van der Waals surface area contributed by atoms with Crippen LogP contribution in [0.2, 0.25) is 0 Å². The van der Waals surface area contributed by atoms with Gasteiger partial charge in [-0.1, -0.05) is 0 Å². The van der Waals surface area contributed by atoms with E-state index in [-0.39, 0.29) is 0 Å². The van der Waals surface area contributed by atoms with Gasteiger partial charge in [-0.2, -0.15) is 0 Å². The molecule has 0 spiro atoms. The summed E-state index contributed by atoms with van der Waals surface area (Å²) in [6, 6.07) is 0. The van der Waals surface area contributed by atoms with Crippen LogP contribution >= 0.6 is 0 Å². The van der Waals surface area contributed by atoms with Gasteiger partial charge in [0, 0.05) is 0 Å². The van der Waals surface area contributed by atoms with E-state index in [0.717, 1.165) is 0 Å². The first-order valence-corrected chi connectivity index (χ1v) is 2.68. The van der Waals surface area contributed by atoms with Gasteiger partial charge in [-0.3, -0.25) is 10.5 Å². The second-order valence-corrected chi connectivity index (χ2v) is 1.04. The summed E-state index contributed by atoms with van der Waals surface area (Å²) >= 11 is -3.40. The molecule has 0 rings (SSSR count). The molecule has 0 atom stereocenters. The molecular formula is H3BrO5. The minimum Gasteiger partial charge on any atom is -0.372 e. The predicted octanol–water partition coefficient (Wildman–Crippen LogP) is -2.92. The van der Waals surface area contributed by atoms with Crippen molar-refractivity contribution < 1.29 is 37.9 Å². The van der Waals surface area contributed by atoms with Crippen molar-refractivity contribution in [3.05, 3.63) is 0 Å². The Morgan fingerprint density at radius 1 is 1.17 bits per heavy atom. The van der Waals surface area contributed by atoms with Crippen molar-refractivity contribution in [2.24, 2.45) is 0 Å². The molecule has 0 aromatic carbocycles. The Labute approximate surface area is 38.8 Å². The van der Waals surface area contributed by atoms with Crippen molar-refractivity contribution in [3.63, 3.8) is 0 Å². The zero-order valence-electron chi connectivity index (χ0n) is 2.54. The van der Waals surface area contributed by atoms with E-state index >= 15 is 0 Å². The lowest BCUT2D eigenvalue weighted by Gasteiger charge is -1.69. The van der Waals surface area contributed by atoms with E-state index in [4.69, 9.17) is 23.1 Å². The van der Waals surface area contributed by atoms with E-state index in [1.807, 2.05) is 0 Å². The molecule has 0 bridgehead atoms. The molecule has 0 aromatic rings. The second kappa shape index (κ2) is 8.99. The van der Waals surface area contributed by atoms with E-state index < -0.39 is 14.8 Å². The molecule has 0 fully saturated rings. The van der Waals surface area contributed by atoms with Crippen LogP contribution < -0.4 is 8.40 Å². The Kier molecular flexibility index (Phi) is 14.3. The number of hydrogen-bond acceptors (Lipinski definition) is 5. The quantitative estimate of drug-likeness (QED) is 0.262. The summed E-state index contributed by atoms with van der Waals surface area (Å²) in [5, 5.41) is 12.0. The molecule has 0 heterocycles. The molecule has 6 heteroatoms. The summed E-state index contributed by atoms with van der Waals surface area (Å²) in [7, 11) is 0. The Bertz CT molecular complexity index is 8.66. The maximum Gasteiger partial charge on any atom is 0.433 e. The minimum absolute atomic E-state index is 3.40. The van der Waals surface area contributed by atoms with Crippen molar-refractivity contribution in [1.82, 2.24) is 0 Å². The third-order valence-electron chi connectivity index (χ3n) is 0. The van der Waals surface area contributed by atoms with Crippen LogP contribution in [-0.2, 0) is 0 Å². The molecule has 0 aliphatic rings. The first-order valence-electron chi connectivity index (χ1n) is 0.678. The molecular weight excluding hydrogens is 160 g/mol. The fourth-order valence-corrected chi connectivity index (χ4v) is 0. The number of rotatable bonds is 0. The highest BCUT2D eigenvalue weighted by Gasteiger charge is 1.86. The summed E-state index contributed by atoms with van der Waals surface area (Å²) in [4.78, 5) is 0. The van der Waals surface area contributed by atoms with Gasteiger partial charge in [0.25, 0.3) is 0 Å². The number of halogens is 1. The third-order valence-corrected chi connectivity index (χ3v) is 0. The van der Waals surface area contributed by atoms with E-state index in [1.54, 1.807) is 0 Å². The summed E-state index contributed by atoms with van der Waals surface area (Å²) in [5.74, 6) is 0. The third kappa shape index (κ3) is 587. The molecule has 3 N–H and O–H groups in total. The van der Waals surface area contributed by atoms with E-state index in [9.17, 15) is 0 Å². The fraction of sp³-hybridized carbons (Fsp3) is 0. The average molecular weight is 163 g/mol. The van der Waals surface area contributed by atoms with Crippen molar-refractivity contribution >= 4 is 0 Å². The van der Waals surface area contributed by atoms with Crippen LogP contribution in [-0.4, -0.2) is 14.7 Å². The highest BCUT2D eigenvalue weighted by molar-refractivity contribution is 1.94. The van der Waals surface area contributed by atoms with E-state index in [2.05, 4.69) is 0 Å². The Balaban J connectivity index is 0. The second-order valence-electron chi connectivity index (χ2n) is 0.201. The van der Waals surface area contributed by atoms with Crippen LogP contribution in [0.3, 0.4) is 0 Å². The van der Waals surface area contributed by atoms with E-state index in [1.165, 1.54) is 0 Å². The molecule has 0 aliphatic carbocycles. The van der Waals surface area contributed by atoms with Gasteiger partial charge in [0.05, 0.1) is 0 Å². The highest BCUT2D eigenvalue weighted by Crippen LogP contribution is 1.38. The van der Waals surface area contributed by atoms with Gasteiger partial charge in [0.15, 0.2) is 0 Å². The van der Waals surface area contributed by atoms with Crippen LogP contribution in [0.4, 0.5) is 0 Å². The average Bonchev–Trinajstić information content (AvgIpc) is 1.41. The molecule has 6 heavy (non-hydrogen) atoms. The van der Waals surface area contributed by atoms with Gasteiger partial charge in [0.1, 0.15) is 0 Å². The van der Waals surface area contributed by atoms with Crippen LogP contribution in [0, 0.1) is 14.8 Å². The van der Waals surface area contributed by atoms with Gasteiger partial charge in [-0.15, -0.1) is 0 Å². The molecule has 0 unspecified atom stereocenters. The largest absolute Gasteiger partial charge is 0.433 e. The van der Waals surface area contributed by atoms with Gasteiger partial charge >= 0.3 is 14.8 Å². The molecule has 40 valence electrons.